The Bertz CT molecular complexity index is 1260. The van der Waals surface area contributed by atoms with Crippen molar-refractivity contribution in [3.63, 3.8) is 0 Å². The highest BCUT2D eigenvalue weighted by molar-refractivity contribution is 5.84. The van der Waals surface area contributed by atoms with Crippen molar-refractivity contribution in [3.05, 3.63) is 77.6 Å². The molecular formula is C19H13N5O. The lowest BCUT2D eigenvalue weighted by molar-refractivity contribution is 1.00. The van der Waals surface area contributed by atoms with Gasteiger partial charge in [-0.2, -0.15) is 0 Å². The lowest BCUT2D eigenvalue weighted by Crippen LogP contribution is -2.14. The number of nitrogens with zero attached hydrogens (tertiary/aromatic N) is 3. The fraction of sp³-hybridized carbons (Fsp3) is 0. The maximum atomic E-state index is 12.4. The third-order valence-electron chi connectivity index (χ3n) is 4.27. The third-order valence-corrected chi connectivity index (χ3v) is 4.27. The maximum absolute atomic E-state index is 12.4. The van der Waals surface area contributed by atoms with Crippen LogP contribution >= 0.6 is 0 Å². The molecule has 0 fully saturated rings. The van der Waals surface area contributed by atoms with E-state index in [1.165, 1.54) is 0 Å². The van der Waals surface area contributed by atoms with E-state index in [2.05, 4.69) is 19.9 Å². The van der Waals surface area contributed by atoms with Gasteiger partial charge in [0.25, 0.3) is 0 Å². The van der Waals surface area contributed by atoms with Crippen molar-refractivity contribution in [2.45, 2.75) is 0 Å². The minimum Gasteiger partial charge on any atom is -0.346 e. The van der Waals surface area contributed by atoms with E-state index in [0.29, 0.717) is 11.2 Å². The molecule has 0 saturated heterocycles. The van der Waals surface area contributed by atoms with E-state index in [9.17, 15) is 4.79 Å². The molecule has 0 bridgehead atoms. The van der Waals surface area contributed by atoms with Gasteiger partial charge in [0.05, 0.1) is 11.2 Å². The molecule has 0 unspecified atom stereocenters. The van der Waals surface area contributed by atoms with E-state index in [1.54, 1.807) is 17.0 Å². The molecule has 6 heteroatoms. The van der Waals surface area contributed by atoms with E-state index in [1.807, 2.05) is 54.7 Å². The summed E-state index contributed by atoms with van der Waals surface area (Å²) in [5.41, 5.74) is 4.59. The first kappa shape index (κ1) is 13.7. The minimum absolute atomic E-state index is 0.204. The molecule has 4 aromatic heterocycles. The van der Waals surface area contributed by atoms with Gasteiger partial charge in [0, 0.05) is 35.1 Å². The standard InChI is InChI=1S/C19H13N5O/c25-19-23-16-9-14(13-8-12-6-7-20-17(12)21-10-13)11-22-18(16)24(19)15-4-2-1-3-5-15/h1-11H,(H,20,21)(H,23,25). The monoisotopic (exact) mass is 327 g/mol. The summed E-state index contributed by atoms with van der Waals surface area (Å²) < 4.78 is 1.58. The minimum atomic E-state index is -0.204. The SMILES string of the molecule is O=c1[nH]c2cc(-c3cnc4[nH]ccc4c3)cnc2n1-c1ccccc1. The molecule has 0 atom stereocenters. The fourth-order valence-electron chi connectivity index (χ4n) is 3.07. The lowest BCUT2D eigenvalue weighted by atomic mass is 10.1. The van der Waals surface area contributed by atoms with Crippen LogP contribution in [0.3, 0.4) is 0 Å². The van der Waals surface area contributed by atoms with Gasteiger partial charge >= 0.3 is 5.69 Å². The number of benzene rings is 1. The Morgan fingerprint density at radius 3 is 2.60 bits per heavy atom. The Labute approximate surface area is 141 Å². The summed E-state index contributed by atoms with van der Waals surface area (Å²) in [5.74, 6) is 0. The first-order chi connectivity index (χ1) is 12.3. The van der Waals surface area contributed by atoms with Gasteiger partial charge in [-0.25, -0.2) is 19.3 Å². The van der Waals surface area contributed by atoms with Crippen LogP contribution in [0.1, 0.15) is 0 Å². The van der Waals surface area contributed by atoms with Gasteiger partial charge in [0.1, 0.15) is 5.65 Å². The number of H-pyrrole nitrogens is 2. The first-order valence-electron chi connectivity index (χ1n) is 7.89. The summed E-state index contributed by atoms with van der Waals surface area (Å²) in [7, 11) is 0. The second-order valence-corrected chi connectivity index (χ2v) is 5.84. The van der Waals surface area contributed by atoms with E-state index < -0.39 is 0 Å². The van der Waals surface area contributed by atoms with E-state index in [0.717, 1.165) is 27.8 Å². The number of aromatic amines is 2. The van der Waals surface area contributed by atoms with Gasteiger partial charge in [-0.05, 0) is 30.3 Å². The summed E-state index contributed by atoms with van der Waals surface area (Å²) in [6.45, 7) is 0. The molecule has 0 aliphatic carbocycles. The predicted octanol–water partition coefficient (Wildman–Crippen LogP) is 3.26. The molecular weight excluding hydrogens is 314 g/mol. The molecule has 2 N–H and O–H groups in total. The summed E-state index contributed by atoms with van der Waals surface area (Å²) in [5, 5.41) is 1.04. The molecule has 25 heavy (non-hydrogen) atoms. The number of para-hydroxylation sites is 1. The summed E-state index contributed by atoms with van der Waals surface area (Å²) >= 11 is 0. The van der Waals surface area contributed by atoms with E-state index >= 15 is 0 Å². The second-order valence-electron chi connectivity index (χ2n) is 5.84. The molecule has 1 aromatic carbocycles. The molecule has 0 amide bonds. The highest BCUT2D eigenvalue weighted by Gasteiger charge is 2.11. The van der Waals surface area contributed by atoms with Crippen molar-refractivity contribution in [2.24, 2.45) is 0 Å². The van der Waals surface area contributed by atoms with Crippen LogP contribution in [-0.4, -0.2) is 24.5 Å². The molecule has 6 nitrogen and oxygen atoms in total. The Morgan fingerprint density at radius 1 is 0.920 bits per heavy atom. The zero-order chi connectivity index (χ0) is 16.8. The first-order valence-corrected chi connectivity index (χ1v) is 7.89. The van der Waals surface area contributed by atoms with Gasteiger partial charge < -0.3 is 9.97 Å². The molecule has 120 valence electrons. The van der Waals surface area contributed by atoms with Crippen LogP contribution in [0, 0.1) is 0 Å². The van der Waals surface area contributed by atoms with Gasteiger partial charge in [0.15, 0.2) is 5.65 Å². The molecule has 0 aliphatic heterocycles. The van der Waals surface area contributed by atoms with Crippen molar-refractivity contribution in [3.8, 4) is 16.8 Å². The zero-order valence-electron chi connectivity index (χ0n) is 13.1. The number of pyridine rings is 2. The summed E-state index contributed by atoms with van der Waals surface area (Å²) in [4.78, 5) is 27.3. The van der Waals surface area contributed by atoms with Gasteiger partial charge in [-0.3, -0.25) is 0 Å². The Kier molecular flexibility index (Phi) is 2.84. The van der Waals surface area contributed by atoms with Crippen LogP contribution in [0.25, 0.3) is 39.0 Å². The highest BCUT2D eigenvalue weighted by Crippen LogP contribution is 2.24. The molecule has 5 aromatic rings. The number of rotatable bonds is 2. The summed E-state index contributed by atoms with van der Waals surface area (Å²) in [6.07, 6.45) is 5.43. The van der Waals surface area contributed by atoms with Crippen molar-refractivity contribution in [2.75, 3.05) is 0 Å². The largest absolute Gasteiger partial charge is 0.346 e. The average Bonchev–Trinajstić information content (AvgIpc) is 3.24. The predicted molar refractivity (Wildman–Crippen MR) is 96.8 cm³/mol. The molecule has 4 heterocycles. The Morgan fingerprint density at radius 2 is 1.72 bits per heavy atom. The van der Waals surface area contributed by atoms with Crippen molar-refractivity contribution in [1.29, 1.82) is 0 Å². The van der Waals surface area contributed by atoms with Crippen LogP contribution in [0.4, 0.5) is 0 Å². The highest BCUT2D eigenvalue weighted by atomic mass is 16.1. The van der Waals surface area contributed by atoms with Crippen LogP contribution in [0.15, 0.2) is 71.9 Å². The number of imidazole rings is 1. The van der Waals surface area contributed by atoms with E-state index in [-0.39, 0.29) is 5.69 Å². The average molecular weight is 327 g/mol. The second kappa shape index (κ2) is 5.17. The number of fused-ring (bicyclic) bond motifs is 2. The lowest BCUT2D eigenvalue weighted by Gasteiger charge is -2.04. The van der Waals surface area contributed by atoms with Gasteiger partial charge in [-0.15, -0.1) is 0 Å². The van der Waals surface area contributed by atoms with Crippen LogP contribution in [-0.2, 0) is 0 Å². The molecule has 0 saturated carbocycles. The molecule has 5 rings (SSSR count). The van der Waals surface area contributed by atoms with Crippen LogP contribution in [0.2, 0.25) is 0 Å². The van der Waals surface area contributed by atoms with Gasteiger partial charge in [-0.1, -0.05) is 18.2 Å². The topological polar surface area (TPSA) is 79.4 Å². The summed E-state index contributed by atoms with van der Waals surface area (Å²) in [6, 6.07) is 15.4. The molecule has 0 radical (unpaired) electrons. The zero-order valence-corrected chi connectivity index (χ0v) is 13.1. The smallest absolute Gasteiger partial charge is 0.332 e. The normalized spacial score (nSPS) is 11.4. The van der Waals surface area contributed by atoms with Crippen LogP contribution < -0.4 is 5.69 Å². The fourth-order valence-corrected chi connectivity index (χ4v) is 3.07. The number of hydrogen-bond donors (Lipinski definition) is 2. The van der Waals surface area contributed by atoms with Gasteiger partial charge in [0.2, 0.25) is 0 Å². The van der Waals surface area contributed by atoms with E-state index in [4.69, 9.17) is 0 Å². The molecule has 0 aliphatic rings. The Hall–Kier alpha value is -3.67. The maximum Gasteiger partial charge on any atom is 0.332 e. The number of hydrogen-bond acceptors (Lipinski definition) is 3. The number of aromatic nitrogens is 5. The number of nitrogens with one attached hydrogen (secondary N) is 2. The van der Waals surface area contributed by atoms with Crippen molar-refractivity contribution >= 4 is 22.2 Å². The van der Waals surface area contributed by atoms with Crippen molar-refractivity contribution < 1.29 is 0 Å². The molecule has 0 spiro atoms. The Balaban J connectivity index is 1.69. The third kappa shape index (κ3) is 2.15. The quantitative estimate of drug-likeness (QED) is 0.522. The van der Waals surface area contributed by atoms with Crippen molar-refractivity contribution in [1.82, 2.24) is 24.5 Å². The van der Waals surface area contributed by atoms with Crippen LogP contribution in [0.5, 0.6) is 0 Å².